The summed E-state index contributed by atoms with van der Waals surface area (Å²) in [7, 11) is 0. The van der Waals surface area contributed by atoms with Crippen LogP contribution in [-0.2, 0) is 0 Å². The molecule has 0 aliphatic heterocycles. The second-order valence-corrected chi connectivity index (χ2v) is 7.05. The summed E-state index contributed by atoms with van der Waals surface area (Å²) in [6.07, 6.45) is 3.27. The molecule has 0 aromatic heterocycles. The van der Waals surface area contributed by atoms with E-state index in [4.69, 9.17) is 0 Å². The molecule has 0 spiro atoms. The van der Waals surface area contributed by atoms with Gasteiger partial charge in [0.15, 0.2) is 0 Å². The van der Waals surface area contributed by atoms with Gasteiger partial charge in [-0.15, -0.1) is 0 Å². The predicted molar refractivity (Wildman–Crippen MR) is 47.4 cm³/mol. The molecule has 3 aliphatic carbocycles. The minimum absolute atomic E-state index is 0.0799. The van der Waals surface area contributed by atoms with Gasteiger partial charge in [0.25, 0.3) is 0 Å². The molecular formula is C7H10Br2O. The number of alkyl halides is 2. The average molecular weight is 270 g/mol. The topological polar surface area (TPSA) is 20.2 Å². The molecule has 0 aromatic rings. The molecule has 3 atom stereocenters. The number of hydrogen-bond acceptors (Lipinski definition) is 1. The van der Waals surface area contributed by atoms with Crippen LogP contribution in [0.2, 0.25) is 0 Å². The molecule has 3 heteroatoms. The van der Waals surface area contributed by atoms with Gasteiger partial charge in [-0.1, -0.05) is 31.9 Å². The van der Waals surface area contributed by atoms with E-state index in [1.807, 2.05) is 0 Å². The molecule has 0 aromatic carbocycles. The van der Waals surface area contributed by atoms with Gasteiger partial charge in [-0.3, -0.25) is 0 Å². The summed E-state index contributed by atoms with van der Waals surface area (Å²) < 4.78 is 0.0810. The lowest BCUT2D eigenvalue weighted by Gasteiger charge is -2.55. The Morgan fingerprint density at radius 3 is 2.30 bits per heavy atom. The third-order valence-electron chi connectivity index (χ3n) is 2.85. The van der Waals surface area contributed by atoms with Gasteiger partial charge >= 0.3 is 0 Å². The normalized spacial score (nSPS) is 50.1. The van der Waals surface area contributed by atoms with E-state index >= 15 is 0 Å². The van der Waals surface area contributed by atoms with Crippen molar-refractivity contribution in [3.8, 4) is 0 Å². The quantitative estimate of drug-likeness (QED) is 0.669. The summed E-state index contributed by atoms with van der Waals surface area (Å²) in [6.45, 7) is 0. The maximum Gasteiger partial charge on any atom is 0.0886 e. The Morgan fingerprint density at radius 1 is 1.30 bits per heavy atom. The van der Waals surface area contributed by atoms with Gasteiger partial charge in [-0.25, -0.2) is 0 Å². The molecule has 58 valence electrons. The third-order valence-corrected chi connectivity index (χ3v) is 5.32. The number of fused-ring (bicyclic) bond motifs is 2. The first kappa shape index (κ1) is 7.56. The highest BCUT2D eigenvalue weighted by atomic mass is 79.9. The summed E-state index contributed by atoms with van der Waals surface area (Å²) in [5, 5.41) is 9.49. The van der Waals surface area contributed by atoms with Crippen molar-refractivity contribution in [2.45, 2.75) is 28.6 Å². The first-order valence-corrected chi connectivity index (χ1v) is 5.27. The highest BCUT2D eigenvalue weighted by Gasteiger charge is 2.57. The van der Waals surface area contributed by atoms with Crippen molar-refractivity contribution >= 4 is 31.9 Å². The Bertz CT molecular complexity index is 156. The molecule has 0 heterocycles. The third kappa shape index (κ3) is 0.833. The van der Waals surface area contributed by atoms with E-state index in [9.17, 15) is 5.11 Å². The zero-order chi connectivity index (χ0) is 7.35. The summed E-state index contributed by atoms with van der Waals surface area (Å²) in [4.78, 5) is 0. The zero-order valence-corrected chi connectivity index (χ0v) is 8.73. The lowest BCUT2D eigenvalue weighted by Crippen LogP contribution is -2.55. The molecule has 1 N–H and O–H groups in total. The van der Waals surface area contributed by atoms with Crippen molar-refractivity contribution in [1.29, 1.82) is 0 Å². The SMILES string of the molecule is OC1CCC2CC1C2(Br)Br. The smallest absolute Gasteiger partial charge is 0.0886 e. The van der Waals surface area contributed by atoms with E-state index < -0.39 is 0 Å². The molecule has 0 radical (unpaired) electrons. The van der Waals surface area contributed by atoms with E-state index in [-0.39, 0.29) is 9.34 Å². The van der Waals surface area contributed by atoms with Crippen LogP contribution in [0.5, 0.6) is 0 Å². The van der Waals surface area contributed by atoms with Crippen LogP contribution >= 0.6 is 31.9 Å². The van der Waals surface area contributed by atoms with Gasteiger partial charge in [0, 0.05) is 5.92 Å². The average Bonchev–Trinajstić information content (AvgIpc) is 1.87. The molecule has 3 rings (SSSR count). The fourth-order valence-corrected chi connectivity index (χ4v) is 3.88. The predicted octanol–water partition coefficient (Wildman–Crippen LogP) is 2.26. The maximum absolute atomic E-state index is 9.49. The van der Waals surface area contributed by atoms with Crippen LogP contribution in [0.1, 0.15) is 19.3 Å². The van der Waals surface area contributed by atoms with Crippen LogP contribution in [0.4, 0.5) is 0 Å². The molecule has 10 heavy (non-hydrogen) atoms. The van der Waals surface area contributed by atoms with Gasteiger partial charge in [-0.2, -0.15) is 0 Å². The standard InChI is InChI=1S/C7H10Br2O/c8-7(9)4-1-2-6(10)5(7)3-4/h4-6,10H,1-3H2. The second kappa shape index (κ2) is 2.20. The number of aliphatic hydroxyl groups excluding tert-OH is 1. The molecule has 0 saturated heterocycles. The van der Waals surface area contributed by atoms with Crippen LogP contribution in [-0.4, -0.2) is 14.4 Å². The lowest BCUT2D eigenvalue weighted by molar-refractivity contribution is -0.0270. The first-order valence-electron chi connectivity index (χ1n) is 3.68. The van der Waals surface area contributed by atoms with E-state index in [1.54, 1.807) is 0 Å². The van der Waals surface area contributed by atoms with Gasteiger partial charge in [0.05, 0.1) is 9.34 Å². The second-order valence-electron chi connectivity index (χ2n) is 3.36. The van der Waals surface area contributed by atoms with Crippen molar-refractivity contribution in [1.82, 2.24) is 0 Å². The Balaban J connectivity index is 2.16. The minimum atomic E-state index is -0.0799. The summed E-state index contributed by atoms with van der Waals surface area (Å²) in [5.74, 6) is 1.20. The van der Waals surface area contributed by atoms with Crippen LogP contribution in [0.15, 0.2) is 0 Å². The summed E-state index contributed by atoms with van der Waals surface area (Å²) in [5.41, 5.74) is 0. The van der Waals surface area contributed by atoms with E-state index in [0.29, 0.717) is 5.92 Å². The van der Waals surface area contributed by atoms with Crippen molar-refractivity contribution in [3.63, 3.8) is 0 Å². The summed E-state index contributed by atoms with van der Waals surface area (Å²) >= 11 is 7.21. The number of halogens is 2. The Hall–Kier alpha value is 0.920. The Morgan fingerprint density at radius 2 is 2.00 bits per heavy atom. The summed E-state index contributed by atoms with van der Waals surface area (Å²) in [6, 6.07) is 0. The number of rotatable bonds is 0. The van der Waals surface area contributed by atoms with E-state index in [1.165, 1.54) is 6.42 Å². The molecule has 0 amide bonds. The minimum Gasteiger partial charge on any atom is -0.393 e. The number of aliphatic hydroxyl groups is 1. The molecule has 3 saturated carbocycles. The van der Waals surface area contributed by atoms with Crippen molar-refractivity contribution in [2.24, 2.45) is 11.8 Å². The van der Waals surface area contributed by atoms with Crippen molar-refractivity contribution in [3.05, 3.63) is 0 Å². The fourth-order valence-electron chi connectivity index (χ4n) is 2.06. The maximum atomic E-state index is 9.49. The van der Waals surface area contributed by atoms with Crippen molar-refractivity contribution in [2.75, 3.05) is 0 Å². The van der Waals surface area contributed by atoms with Gasteiger partial charge in [0.1, 0.15) is 0 Å². The fraction of sp³-hybridized carbons (Fsp3) is 1.00. The van der Waals surface area contributed by atoms with Crippen molar-refractivity contribution < 1.29 is 5.11 Å². The zero-order valence-electron chi connectivity index (χ0n) is 5.56. The number of hydrogen-bond donors (Lipinski definition) is 1. The lowest BCUT2D eigenvalue weighted by atomic mass is 9.63. The molecular weight excluding hydrogens is 260 g/mol. The first-order chi connectivity index (χ1) is 4.62. The molecule has 1 nitrogen and oxygen atoms in total. The highest BCUT2D eigenvalue weighted by Crippen LogP contribution is 2.61. The van der Waals surface area contributed by atoms with Crippen LogP contribution in [0, 0.1) is 11.8 Å². The van der Waals surface area contributed by atoms with E-state index in [0.717, 1.165) is 18.8 Å². The monoisotopic (exact) mass is 268 g/mol. The van der Waals surface area contributed by atoms with Crippen LogP contribution in [0.25, 0.3) is 0 Å². The molecule has 3 fully saturated rings. The van der Waals surface area contributed by atoms with Crippen LogP contribution < -0.4 is 0 Å². The van der Waals surface area contributed by atoms with Gasteiger partial charge < -0.3 is 5.11 Å². The molecule has 3 unspecified atom stereocenters. The van der Waals surface area contributed by atoms with Gasteiger partial charge in [-0.05, 0) is 25.2 Å². The van der Waals surface area contributed by atoms with E-state index in [2.05, 4.69) is 31.9 Å². The molecule has 2 bridgehead atoms. The van der Waals surface area contributed by atoms with Crippen LogP contribution in [0.3, 0.4) is 0 Å². The Kier molecular flexibility index (Phi) is 1.67. The largest absolute Gasteiger partial charge is 0.393 e. The Labute approximate surface area is 77.4 Å². The highest BCUT2D eigenvalue weighted by molar-refractivity contribution is 9.25. The molecule has 3 aliphatic rings. The van der Waals surface area contributed by atoms with Gasteiger partial charge in [0.2, 0.25) is 0 Å².